The Morgan fingerprint density at radius 2 is 2.00 bits per heavy atom. The SMILES string of the molecule is Cc1ccc(C)c(OCC(=O)NN=C2CCc3ccccc32)c1. The maximum atomic E-state index is 11.9. The highest BCUT2D eigenvalue weighted by molar-refractivity contribution is 6.04. The van der Waals surface area contributed by atoms with Gasteiger partial charge in [0, 0.05) is 5.56 Å². The molecule has 1 aliphatic rings. The molecule has 0 unspecified atom stereocenters. The fourth-order valence-corrected chi connectivity index (χ4v) is 2.69. The summed E-state index contributed by atoms with van der Waals surface area (Å²) >= 11 is 0. The van der Waals surface area contributed by atoms with Gasteiger partial charge >= 0.3 is 0 Å². The highest BCUT2D eigenvalue weighted by Crippen LogP contribution is 2.21. The Morgan fingerprint density at radius 1 is 1.17 bits per heavy atom. The Hall–Kier alpha value is -2.62. The summed E-state index contributed by atoms with van der Waals surface area (Å²) in [5.74, 6) is 0.488. The van der Waals surface area contributed by atoms with Crippen molar-refractivity contribution in [2.24, 2.45) is 5.10 Å². The molecule has 4 nitrogen and oxygen atoms in total. The number of nitrogens with one attached hydrogen (secondary N) is 1. The van der Waals surface area contributed by atoms with Crippen LogP contribution < -0.4 is 10.2 Å². The van der Waals surface area contributed by atoms with E-state index in [2.05, 4.69) is 16.6 Å². The molecule has 0 radical (unpaired) electrons. The van der Waals surface area contributed by atoms with Crippen LogP contribution in [0.2, 0.25) is 0 Å². The fraction of sp³-hybridized carbons (Fsp3) is 0.263. The molecule has 0 bridgehead atoms. The molecular weight excluding hydrogens is 288 g/mol. The van der Waals surface area contributed by atoms with Crippen molar-refractivity contribution in [1.82, 2.24) is 5.43 Å². The molecular formula is C19H20N2O2. The highest BCUT2D eigenvalue weighted by atomic mass is 16.5. The van der Waals surface area contributed by atoms with Gasteiger partial charge in [0.1, 0.15) is 5.75 Å². The number of fused-ring (bicyclic) bond motifs is 1. The van der Waals surface area contributed by atoms with Crippen molar-refractivity contribution in [1.29, 1.82) is 0 Å². The van der Waals surface area contributed by atoms with E-state index >= 15 is 0 Å². The van der Waals surface area contributed by atoms with E-state index in [1.807, 2.05) is 50.2 Å². The number of aryl methyl sites for hydroxylation is 3. The molecule has 0 aliphatic heterocycles. The van der Waals surface area contributed by atoms with E-state index in [1.54, 1.807) is 0 Å². The van der Waals surface area contributed by atoms with Gasteiger partial charge < -0.3 is 4.74 Å². The Bertz CT molecular complexity index is 766. The van der Waals surface area contributed by atoms with E-state index in [-0.39, 0.29) is 12.5 Å². The second-order valence-electron chi connectivity index (χ2n) is 5.81. The molecule has 4 heteroatoms. The standard InChI is InChI=1S/C19H20N2O2/c1-13-7-8-14(2)18(11-13)23-12-19(22)21-20-17-10-9-15-5-3-4-6-16(15)17/h3-8,11H,9-10,12H2,1-2H3,(H,21,22). The second-order valence-corrected chi connectivity index (χ2v) is 5.81. The topological polar surface area (TPSA) is 50.7 Å². The van der Waals surface area contributed by atoms with Crippen molar-refractivity contribution in [3.05, 3.63) is 64.7 Å². The number of carbonyl (C=O) groups excluding carboxylic acids is 1. The number of nitrogens with zero attached hydrogens (tertiary/aromatic N) is 1. The quantitative estimate of drug-likeness (QED) is 0.882. The number of hydrogen-bond acceptors (Lipinski definition) is 3. The minimum atomic E-state index is -0.247. The molecule has 1 N–H and O–H groups in total. The number of ether oxygens (including phenoxy) is 1. The highest BCUT2D eigenvalue weighted by Gasteiger charge is 2.17. The van der Waals surface area contributed by atoms with Crippen LogP contribution in [-0.2, 0) is 11.2 Å². The van der Waals surface area contributed by atoms with Gasteiger partial charge in [-0.25, -0.2) is 5.43 Å². The van der Waals surface area contributed by atoms with Crippen LogP contribution in [-0.4, -0.2) is 18.2 Å². The third-order valence-electron chi connectivity index (χ3n) is 3.98. The minimum Gasteiger partial charge on any atom is -0.483 e. The molecule has 0 fully saturated rings. The van der Waals surface area contributed by atoms with Crippen molar-refractivity contribution in [2.45, 2.75) is 26.7 Å². The Labute approximate surface area is 136 Å². The summed E-state index contributed by atoms with van der Waals surface area (Å²) in [5, 5.41) is 4.25. The first-order valence-corrected chi connectivity index (χ1v) is 7.77. The zero-order valence-corrected chi connectivity index (χ0v) is 13.4. The van der Waals surface area contributed by atoms with Crippen LogP contribution >= 0.6 is 0 Å². The normalized spacial score (nSPS) is 14.6. The third kappa shape index (κ3) is 3.59. The van der Waals surface area contributed by atoms with E-state index in [0.29, 0.717) is 0 Å². The van der Waals surface area contributed by atoms with Crippen molar-refractivity contribution >= 4 is 11.6 Å². The fourth-order valence-electron chi connectivity index (χ4n) is 2.69. The molecule has 1 amide bonds. The zero-order valence-electron chi connectivity index (χ0n) is 13.4. The lowest BCUT2D eigenvalue weighted by atomic mass is 10.1. The van der Waals surface area contributed by atoms with E-state index < -0.39 is 0 Å². The van der Waals surface area contributed by atoms with Crippen LogP contribution in [0.5, 0.6) is 5.75 Å². The number of amides is 1. The van der Waals surface area contributed by atoms with Crippen molar-refractivity contribution in [2.75, 3.05) is 6.61 Å². The Balaban J connectivity index is 1.58. The predicted molar refractivity (Wildman–Crippen MR) is 90.9 cm³/mol. The molecule has 1 aliphatic carbocycles. The Kier molecular flexibility index (Phi) is 4.42. The van der Waals surface area contributed by atoms with Gasteiger partial charge in [-0.15, -0.1) is 0 Å². The van der Waals surface area contributed by atoms with Gasteiger partial charge in [0.15, 0.2) is 6.61 Å². The average Bonchev–Trinajstić information content (AvgIpc) is 2.97. The third-order valence-corrected chi connectivity index (χ3v) is 3.98. The van der Waals surface area contributed by atoms with Crippen molar-refractivity contribution in [3.63, 3.8) is 0 Å². The van der Waals surface area contributed by atoms with Gasteiger partial charge in [-0.2, -0.15) is 5.10 Å². The first kappa shape index (κ1) is 15.3. The molecule has 0 atom stereocenters. The number of rotatable bonds is 4. The predicted octanol–water partition coefficient (Wildman–Crippen LogP) is 3.15. The summed E-state index contributed by atoms with van der Waals surface area (Å²) < 4.78 is 5.58. The lowest BCUT2D eigenvalue weighted by molar-refractivity contribution is -0.123. The summed E-state index contributed by atoms with van der Waals surface area (Å²) in [5.41, 5.74) is 8.06. The molecule has 0 heterocycles. The van der Waals surface area contributed by atoms with E-state index in [4.69, 9.17) is 4.74 Å². The van der Waals surface area contributed by atoms with Crippen LogP contribution in [0.25, 0.3) is 0 Å². The van der Waals surface area contributed by atoms with E-state index in [9.17, 15) is 4.79 Å². The minimum absolute atomic E-state index is 0.0390. The van der Waals surface area contributed by atoms with Crippen molar-refractivity contribution < 1.29 is 9.53 Å². The largest absolute Gasteiger partial charge is 0.483 e. The van der Waals surface area contributed by atoms with Gasteiger partial charge in [0.2, 0.25) is 0 Å². The molecule has 2 aromatic rings. The zero-order chi connectivity index (χ0) is 16.2. The van der Waals surface area contributed by atoms with Crippen LogP contribution in [0.4, 0.5) is 0 Å². The first-order chi connectivity index (χ1) is 11.1. The summed E-state index contributed by atoms with van der Waals surface area (Å²) in [6, 6.07) is 14.1. The van der Waals surface area contributed by atoms with Crippen LogP contribution in [0, 0.1) is 13.8 Å². The number of hydrazone groups is 1. The van der Waals surface area contributed by atoms with Gasteiger partial charge in [0.25, 0.3) is 5.91 Å². The molecule has 3 rings (SSSR count). The van der Waals surface area contributed by atoms with Crippen molar-refractivity contribution in [3.8, 4) is 5.75 Å². The molecule has 0 spiro atoms. The van der Waals surface area contributed by atoms with Gasteiger partial charge in [-0.1, -0.05) is 36.4 Å². The summed E-state index contributed by atoms with van der Waals surface area (Å²) in [4.78, 5) is 11.9. The molecule has 0 saturated heterocycles. The molecule has 0 aromatic heterocycles. The monoisotopic (exact) mass is 308 g/mol. The molecule has 23 heavy (non-hydrogen) atoms. The van der Waals surface area contributed by atoms with E-state index in [1.165, 1.54) is 5.56 Å². The Morgan fingerprint density at radius 3 is 2.87 bits per heavy atom. The smallest absolute Gasteiger partial charge is 0.277 e. The summed E-state index contributed by atoms with van der Waals surface area (Å²) in [6.07, 6.45) is 1.83. The summed E-state index contributed by atoms with van der Waals surface area (Å²) in [7, 11) is 0. The van der Waals surface area contributed by atoms with Crippen LogP contribution in [0.3, 0.4) is 0 Å². The maximum Gasteiger partial charge on any atom is 0.277 e. The van der Waals surface area contributed by atoms with Crippen LogP contribution in [0.1, 0.15) is 28.7 Å². The average molecular weight is 308 g/mol. The number of benzene rings is 2. The first-order valence-electron chi connectivity index (χ1n) is 7.77. The van der Waals surface area contributed by atoms with Gasteiger partial charge in [-0.05, 0) is 49.4 Å². The van der Waals surface area contributed by atoms with Gasteiger partial charge in [-0.3, -0.25) is 4.79 Å². The number of hydrogen-bond donors (Lipinski definition) is 1. The molecule has 2 aromatic carbocycles. The number of carbonyl (C=O) groups is 1. The van der Waals surface area contributed by atoms with E-state index in [0.717, 1.165) is 41.0 Å². The lowest BCUT2D eigenvalue weighted by Gasteiger charge is -2.09. The lowest BCUT2D eigenvalue weighted by Crippen LogP contribution is -2.25. The molecule has 118 valence electrons. The summed E-state index contributed by atoms with van der Waals surface area (Å²) in [6.45, 7) is 3.92. The second kappa shape index (κ2) is 6.65. The van der Waals surface area contributed by atoms with Gasteiger partial charge in [0.05, 0.1) is 5.71 Å². The maximum absolute atomic E-state index is 11.9. The molecule has 0 saturated carbocycles. The van der Waals surface area contributed by atoms with Crippen LogP contribution in [0.15, 0.2) is 47.6 Å².